The normalized spacial score (nSPS) is 32.4. The van der Waals surface area contributed by atoms with Gasteiger partial charge in [-0.05, 0) is 73.3 Å². The smallest absolute Gasteiger partial charge is 0.335 e. The van der Waals surface area contributed by atoms with Crippen LogP contribution in [-0.2, 0) is 16.0 Å². The fraction of sp³-hybridized carbons (Fsp3) is 0.652. The minimum absolute atomic E-state index is 0.0182. The highest BCUT2D eigenvalue weighted by Crippen LogP contribution is 2.62. The fourth-order valence-electron chi connectivity index (χ4n) is 6.35. The highest BCUT2D eigenvalue weighted by Gasteiger charge is 2.54. The summed E-state index contributed by atoms with van der Waals surface area (Å²) in [4.78, 5) is 24.0. The number of hydrogen-bond donors (Lipinski definition) is 5. The van der Waals surface area contributed by atoms with Crippen LogP contribution >= 0.6 is 12.6 Å². The Morgan fingerprint density at radius 3 is 2.71 bits per heavy atom. The van der Waals surface area contributed by atoms with Crippen LogP contribution in [0.4, 0.5) is 0 Å². The first kappa shape index (κ1) is 22.3. The highest BCUT2D eigenvalue weighted by atomic mass is 32.1. The number of benzene rings is 1. The summed E-state index contributed by atoms with van der Waals surface area (Å²) in [5.74, 6) is -0.858. The monoisotopic (exact) mass is 449 g/mol. The van der Waals surface area contributed by atoms with E-state index in [-0.39, 0.29) is 40.6 Å². The van der Waals surface area contributed by atoms with Crippen LogP contribution in [0.2, 0.25) is 0 Å². The molecule has 170 valence electrons. The maximum absolute atomic E-state index is 12.6. The van der Waals surface area contributed by atoms with E-state index in [1.54, 1.807) is 6.07 Å². The van der Waals surface area contributed by atoms with E-state index in [2.05, 4.69) is 24.9 Å². The van der Waals surface area contributed by atoms with Gasteiger partial charge in [0.15, 0.2) is 11.5 Å². The molecule has 2 fully saturated rings. The number of thiol groups is 1. The number of fused-ring (bicyclic) bond motifs is 5. The summed E-state index contributed by atoms with van der Waals surface area (Å²) in [7, 11) is 0. The molecule has 0 aliphatic heterocycles. The van der Waals surface area contributed by atoms with Crippen molar-refractivity contribution in [3.63, 3.8) is 0 Å². The minimum atomic E-state index is -0.954. The molecule has 3 aliphatic carbocycles. The number of esters is 1. The van der Waals surface area contributed by atoms with E-state index in [1.807, 2.05) is 0 Å². The number of amides is 1. The van der Waals surface area contributed by atoms with Crippen molar-refractivity contribution in [1.82, 2.24) is 5.32 Å². The molecule has 0 aromatic heterocycles. The van der Waals surface area contributed by atoms with E-state index in [4.69, 9.17) is 4.74 Å². The number of carbonyl (C=O) groups is 2. The predicted octanol–water partition coefficient (Wildman–Crippen LogP) is 2.65. The lowest BCUT2D eigenvalue weighted by atomic mass is 9.55. The number of aromatic hydroxyl groups is 2. The molecular formula is C23H31NO6S. The van der Waals surface area contributed by atoms with Gasteiger partial charge in [0.05, 0.1) is 6.10 Å². The molecule has 0 bridgehead atoms. The van der Waals surface area contributed by atoms with Gasteiger partial charge in [0.2, 0.25) is 11.7 Å². The van der Waals surface area contributed by atoms with Gasteiger partial charge in [-0.1, -0.05) is 6.92 Å². The Kier molecular flexibility index (Phi) is 5.89. The summed E-state index contributed by atoms with van der Waals surface area (Å²) in [6.45, 7) is 3.50. The number of phenolic OH excluding ortho intramolecular Hbond substituents is 2. The first-order valence-corrected chi connectivity index (χ1v) is 11.7. The van der Waals surface area contributed by atoms with Crippen LogP contribution in [0.25, 0.3) is 0 Å². The number of aliphatic hydroxyl groups excluding tert-OH is 1. The molecule has 4 rings (SSSR count). The number of hydrogen-bond acceptors (Lipinski definition) is 7. The molecular weight excluding hydrogens is 418 g/mol. The molecule has 2 saturated carbocycles. The SMILES string of the molecule is CC(=O)N[C@@H](CS)C(=O)Oc1c(O)c(O)cc2c1CCC1C2CC[C@@]2(C)C1CC[C@@H]2O. The van der Waals surface area contributed by atoms with Gasteiger partial charge in [-0.25, -0.2) is 4.79 Å². The van der Waals surface area contributed by atoms with E-state index in [0.29, 0.717) is 18.3 Å². The predicted molar refractivity (Wildman–Crippen MR) is 117 cm³/mol. The lowest BCUT2D eigenvalue weighted by Crippen LogP contribution is -2.44. The largest absolute Gasteiger partial charge is 0.504 e. The van der Waals surface area contributed by atoms with Crippen molar-refractivity contribution in [2.24, 2.45) is 17.3 Å². The Morgan fingerprint density at radius 1 is 1.29 bits per heavy atom. The zero-order valence-electron chi connectivity index (χ0n) is 17.9. The number of carbonyl (C=O) groups excluding carboxylic acids is 2. The van der Waals surface area contributed by atoms with Gasteiger partial charge in [-0.2, -0.15) is 12.6 Å². The standard InChI is InChI=1S/C23H31NO6S/c1-11(25)24-17(10-31)22(29)30-21-14-4-3-13-12(15(14)9-18(26)20(21)28)7-8-23(2)16(13)5-6-19(23)27/h9,12-13,16-17,19,26-28,31H,3-8,10H2,1-2H3,(H,24,25)/t12?,13?,16?,17-,19-,23-/m0/s1. The van der Waals surface area contributed by atoms with Gasteiger partial charge in [-0.15, -0.1) is 0 Å². The summed E-state index contributed by atoms with van der Waals surface area (Å²) >= 11 is 4.10. The Morgan fingerprint density at radius 2 is 2.03 bits per heavy atom. The highest BCUT2D eigenvalue weighted by molar-refractivity contribution is 7.80. The second-order valence-electron chi connectivity index (χ2n) is 9.55. The van der Waals surface area contributed by atoms with Crippen LogP contribution in [0, 0.1) is 17.3 Å². The van der Waals surface area contributed by atoms with Gasteiger partial charge in [0.25, 0.3) is 0 Å². The van der Waals surface area contributed by atoms with Gasteiger partial charge >= 0.3 is 5.97 Å². The third-order valence-corrected chi connectivity index (χ3v) is 8.30. The molecule has 0 heterocycles. The number of ether oxygens (including phenoxy) is 1. The zero-order valence-corrected chi connectivity index (χ0v) is 18.8. The van der Waals surface area contributed by atoms with Crippen molar-refractivity contribution in [2.45, 2.75) is 70.4 Å². The number of phenols is 2. The van der Waals surface area contributed by atoms with Gasteiger partial charge in [-0.3, -0.25) is 4.79 Å². The Balaban J connectivity index is 1.66. The van der Waals surface area contributed by atoms with Gasteiger partial charge in [0.1, 0.15) is 6.04 Å². The second kappa shape index (κ2) is 8.20. The Bertz CT molecular complexity index is 905. The maximum atomic E-state index is 12.6. The van der Waals surface area contributed by atoms with Crippen LogP contribution in [-0.4, -0.2) is 45.1 Å². The van der Waals surface area contributed by atoms with Crippen LogP contribution in [0.1, 0.15) is 63.0 Å². The third-order valence-electron chi connectivity index (χ3n) is 7.93. The van der Waals surface area contributed by atoms with E-state index in [1.165, 1.54) is 6.92 Å². The van der Waals surface area contributed by atoms with Crippen molar-refractivity contribution >= 4 is 24.5 Å². The summed E-state index contributed by atoms with van der Waals surface area (Å²) in [5.41, 5.74) is 1.60. The fourth-order valence-corrected chi connectivity index (χ4v) is 6.59. The zero-order chi connectivity index (χ0) is 22.5. The van der Waals surface area contributed by atoms with Gasteiger partial charge < -0.3 is 25.4 Å². The summed E-state index contributed by atoms with van der Waals surface area (Å²) in [6.07, 6.45) is 4.83. The van der Waals surface area contributed by atoms with Crippen LogP contribution in [0.3, 0.4) is 0 Å². The summed E-state index contributed by atoms with van der Waals surface area (Å²) < 4.78 is 5.53. The average molecular weight is 450 g/mol. The van der Waals surface area contributed by atoms with Gasteiger partial charge in [0, 0.05) is 18.2 Å². The van der Waals surface area contributed by atoms with E-state index in [9.17, 15) is 24.9 Å². The van der Waals surface area contributed by atoms with E-state index in [0.717, 1.165) is 43.2 Å². The summed E-state index contributed by atoms with van der Waals surface area (Å²) in [5, 5.41) is 34.0. The van der Waals surface area contributed by atoms with Crippen LogP contribution < -0.4 is 10.1 Å². The molecule has 1 amide bonds. The Hall–Kier alpha value is -1.93. The maximum Gasteiger partial charge on any atom is 0.335 e. The number of aliphatic hydroxyl groups is 1. The molecule has 4 N–H and O–H groups in total. The van der Waals surface area contributed by atoms with E-state index < -0.39 is 17.8 Å². The molecule has 0 radical (unpaired) electrons. The number of rotatable bonds is 4. The first-order chi connectivity index (χ1) is 14.7. The van der Waals surface area contributed by atoms with E-state index >= 15 is 0 Å². The Labute approximate surface area is 187 Å². The van der Waals surface area contributed by atoms with Crippen molar-refractivity contribution in [3.05, 3.63) is 17.2 Å². The molecule has 1 aromatic carbocycles. The molecule has 31 heavy (non-hydrogen) atoms. The molecule has 1 aromatic rings. The van der Waals surface area contributed by atoms with Crippen molar-refractivity contribution in [1.29, 1.82) is 0 Å². The van der Waals surface area contributed by atoms with Crippen LogP contribution in [0.5, 0.6) is 17.2 Å². The van der Waals surface area contributed by atoms with Crippen molar-refractivity contribution < 1.29 is 29.6 Å². The van der Waals surface area contributed by atoms with Crippen LogP contribution in [0.15, 0.2) is 6.07 Å². The third kappa shape index (κ3) is 3.67. The summed E-state index contributed by atoms with van der Waals surface area (Å²) in [6, 6.07) is 0.654. The van der Waals surface area contributed by atoms with Crippen molar-refractivity contribution in [3.8, 4) is 17.2 Å². The molecule has 0 spiro atoms. The van der Waals surface area contributed by atoms with Crippen molar-refractivity contribution in [2.75, 3.05) is 5.75 Å². The molecule has 7 nitrogen and oxygen atoms in total. The molecule has 6 atom stereocenters. The lowest BCUT2D eigenvalue weighted by molar-refractivity contribution is -0.138. The molecule has 3 aliphatic rings. The molecule has 3 unspecified atom stereocenters. The molecule has 8 heteroatoms. The number of nitrogens with one attached hydrogen (secondary N) is 1. The molecule has 0 saturated heterocycles. The first-order valence-electron chi connectivity index (χ1n) is 11.0. The quantitative estimate of drug-likeness (QED) is 0.209. The second-order valence-corrected chi connectivity index (χ2v) is 9.92. The minimum Gasteiger partial charge on any atom is -0.504 e. The lowest BCUT2D eigenvalue weighted by Gasteiger charge is -2.50. The topological polar surface area (TPSA) is 116 Å². The average Bonchev–Trinajstić information content (AvgIpc) is 3.03.